The minimum atomic E-state index is -0.0000926. The number of nitrogens with zero attached hydrogens (tertiary/aromatic N) is 4. The Morgan fingerprint density at radius 3 is 2.35 bits per heavy atom. The average Bonchev–Trinajstić information content (AvgIpc) is 2.76. The van der Waals surface area contributed by atoms with Gasteiger partial charge in [0.25, 0.3) is 5.91 Å². The maximum atomic E-state index is 12.6. The molecule has 1 saturated heterocycles. The summed E-state index contributed by atoms with van der Waals surface area (Å²) in [6.07, 6.45) is 0. The SMILES string of the molecule is CC1CN(C(=O)c2sc(N(C)C)nc2N)CC(C)N1C. The first-order valence-electron chi connectivity index (χ1n) is 6.76. The summed E-state index contributed by atoms with van der Waals surface area (Å²) < 4.78 is 0. The summed E-state index contributed by atoms with van der Waals surface area (Å²) in [5.74, 6) is 0.336. The van der Waals surface area contributed by atoms with E-state index in [4.69, 9.17) is 5.73 Å². The van der Waals surface area contributed by atoms with Gasteiger partial charge in [0.2, 0.25) is 0 Å². The molecule has 6 nitrogen and oxygen atoms in total. The van der Waals surface area contributed by atoms with Gasteiger partial charge in [-0.05, 0) is 20.9 Å². The van der Waals surface area contributed by atoms with Crippen LogP contribution in [0.4, 0.5) is 10.9 Å². The molecule has 7 heteroatoms. The highest BCUT2D eigenvalue weighted by molar-refractivity contribution is 7.18. The van der Waals surface area contributed by atoms with Crippen LogP contribution in [-0.4, -0.2) is 67.0 Å². The van der Waals surface area contributed by atoms with E-state index in [-0.39, 0.29) is 5.91 Å². The zero-order valence-corrected chi connectivity index (χ0v) is 13.6. The van der Waals surface area contributed by atoms with Crippen LogP contribution in [0.3, 0.4) is 0 Å². The largest absolute Gasteiger partial charge is 0.382 e. The molecule has 2 rings (SSSR count). The standard InChI is InChI=1S/C13H23N5OS/c1-8-6-18(7-9(2)17(8)5)12(19)10-11(14)15-13(20-10)16(3)4/h8-9H,6-7,14H2,1-5H3. The highest BCUT2D eigenvalue weighted by atomic mass is 32.1. The number of carbonyl (C=O) groups is 1. The normalized spacial score (nSPS) is 23.9. The topological polar surface area (TPSA) is 65.7 Å². The number of aromatic nitrogens is 1. The quantitative estimate of drug-likeness (QED) is 0.880. The zero-order valence-electron chi connectivity index (χ0n) is 12.8. The van der Waals surface area contributed by atoms with E-state index in [2.05, 4.69) is 30.8 Å². The van der Waals surface area contributed by atoms with Crippen LogP contribution in [-0.2, 0) is 0 Å². The van der Waals surface area contributed by atoms with Crippen molar-refractivity contribution in [3.63, 3.8) is 0 Å². The van der Waals surface area contributed by atoms with Crippen LogP contribution in [0.1, 0.15) is 23.5 Å². The van der Waals surface area contributed by atoms with Crippen molar-refractivity contribution in [1.29, 1.82) is 0 Å². The number of hydrogen-bond donors (Lipinski definition) is 1. The summed E-state index contributed by atoms with van der Waals surface area (Å²) in [6, 6.07) is 0.704. The molecule has 2 N–H and O–H groups in total. The molecule has 0 bridgehead atoms. The Kier molecular flexibility index (Phi) is 4.19. The first kappa shape index (κ1) is 15.1. The average molecular weight is 297 g/mol. The second-order valence-electron chi connectivity index (χ2n) is 5.68. The van der Waals surface area contributed by atoms with Crippen molar-refractivity contribution in [3.8, 4) is 0 Å². The van der Waals surface area contributed by atoms with E-state index in [1.54, 1.807) is 0 Å². The van der Waals surface area contributed by atoms with Gasteiger partial charge in [-0.2, -0.15) is 0 Å². The Balaban J connectivity index is 2.19. The van der Waals surface area contributed by atoms with Crippen molar-refractivity contribution in [2.24, 2.45) is 0 Å². The molecule has 2 heterocycles. The number of hydrogen-bond acceptors (Lipinski definition) is 6. The molecule has 1 aliphatic rings. The number of piperazine rings is 1. The molecule has 1 amide bonds. The lowest BCUT2D eigenvalue weighted by Crippen LogP contribution is -2.56. The third-order valence-corrected chi connectivity index (χ3v) is 5.09. The number of amides is 1. The van der Waals surface area contributed by atoms with Crippen molar-refractivity contribution >= 4 is 28.2 Å². The Labute approximate surface area is 124 Å². The van der Waals surface area contributed by atoms with Crippen LogP contribution < -0.4 is 10.6 Å². The van der Waals surface area contributed by atoms with E-state index in [1.807, 2.05) is 23.9 Å². The van der Waals surface area contributed by atoms with E-state index in [1.165, 1.54) is 11.3 Å². The third kappa shape index (κ3) is 2.73. The molecule has 2 unspecified atom stereocenters. The Morgan fingerprint density at radius 1 is 1.35 bits per heavy atom. The minimum absolute atomic E-state index is 0.0000926. The van der Waals surface area contributed by atoms with E-state index in [0.717, 1.165) is 18.2 Å². The van der Waals surface area contributed by atoms with Crippen molar-refractivity contribution in [2.75, 3.05) is 44.9 Å². The number of likely N-dealkylation sites (N-methyl/N-ethyl adjacent to an activating group) is 1. The summed E-state index contributed by atoms with van der Waals surface area (Å²) in [6.45, 7) is 5.73. The summed E-state index contributed by atoms with van der Waals surface area (Å²) in [7, 11) is 5.89. The molecule has 0 aliphatic carbocycles. The zero-order chi connectivity index (χ0) is 15.0. The molecule has 0 spiro atoms. The van der Waals surface area contributed by atoms with Gasteiger partial charge in [-0.15, -0.1) is 0 Å². The third-order valence-electron chi connectivity index (χ3n) is 3.87. The van der Waals surface area contributed by atoms with E-state index in [9.17, 15) is 4.79 Å². The second-order valence-corrected chi connectivity index (χ2v) is 6.66. The van der Waals surface area contributed by atoms with Gasteiger partial charge in [-0.1, -0.05) is 11.3 Å². The van der Waals surface area contributed by atoms with Gasteiger partial charge in [0.15, 0.2) is 5.13 Å². The number of nitrogens with two attached hydrogens (primary N) is 1. The van der Waals surface area contributed by atoms with Gasteiger partial charge in [0, 0.05) is 39.3 Å². The van der Waals surface area contributed by atoms with Crippen molar-refractivity contribution in [2.45, 2.75) is 25.9 Å². The van der Waals surface area contributed by atoms with Crippen LogP contribution in [0.25, 0.3) is 0 Å². The summed E-state index contributed by atoms with van der Waals surface area (Å²) in [4.78, 5) is 23.5. The molecule has 0 aromatic carbocycles. The van der Waals surface area contributed by atoms with Gasteiger partial charge in [0.05, 0.1) is 0 Å². The Hall–Kier alpha value is -1.34. The van der Waals surface area contributed by atoms with Crippen molar-refractivity contribution in [1.82, 2.24) is 14.8 Å². The highest BCUT2D eigenvalue weighted by Gasteiger charge is 2.31. The molecule has 0 radical (unpaired) electrons. The van der Waals surface area contributed by atoms with Crippen LogP contribution in [0, 0.1) is 0 Å². The van der Waals surface area contributed by atoms with Crippen LogP contribution in [0.5, 0.6) is 0 Å². The monoisotopic (exact) mass is 297 g/mol. The van der Waals surface area contributed by atoms with Gasteiger partial charge in [0.1, 0.15) is 10.7 Å². The van der Waals surface area contributed by atoms with Gasteiger partial charge in [-0.3, -0.25) is 9.69 Å². The summed E-state index contributed by atoms with van der Waals surface area (Å²) in [5, 5.41) is 0.765. The Bertz CT molecular complexity index is 489. The molecule has 1 fully saturated rings. The highest BCUT2D eigenvalue weighted by Crippen LogP contribution is 2.29. The predicted octanol–water partition coefficient (Wildman–Crippen LogP) is 0.956. The molecular formula is C13H23N5OS. The van der Waals surface area contributed by atoms with Gasteiger partial charge < -0.3 is 15.5 Å². The van der Waals surface area contributed by atoms with Crippen LogP contribution >= 0.6 is 11.3 Å². The minimum Gasteiger partial charge on any atom is -0.382 e. The predicted molar refractivity (Wildman–Crippen MR) is 83.4 cm³/mol. The fourth-order valence-corrected chi connectivity index (χ4v) is 3.25. The van der Waals surface area contributed by atoms with Gasteiger partial charge >= 0.3 is 0 Å². The number of thiazole rings is 1. The number of rotatable bonds is 2. The summed E-state index contributed by atoms with van der Waals surface area (Å²) in [5.41, 5.74) is 5.90. The molecule has 1 aliphatic heterocycles. The fraction of sp³-hybridized carbons (Fsp3) is 0.692. The van der Waals surface area contributed by atoms with E-state index >= 15 is 0 Å². The van der Waals surface area contributed by atoms with E-state index < -0.39 is 0 Å². The van der Waals surface area contributed by atoms with Crippen molar-refractivity contribution in [3.05, 3.63) is 4.88 Å². The fourth-order valence-electron chi connectivity index (χ4n) is 2.38. The maximum absolute atomic E-state index is 12.6. The molecule has 112 valence electrons. The molecule has 2 atom stereocenters. The van der Waals surface area contributed by atoms with Crippen LogP contribution in [0.2, 0.25) is 0 Å². The van der Waals surface area contributed by atoms with Crippen LogP contribution in [0.15, 0.2) is 0 Å². The summed E-state index contributed by atoms with van der Waals surface area (Å²) >= 11 is 1.36. The smallest absolute Gasteiger partial charge is 0.267 e. The second kappa shape index (κ2) is 5.57. The number of anilines is 2. The number of nitrogen functional groups attached to an aromatic ring is 1. The Morgan fingerprint density at radius 2 is 1.90 bits per heavy atom. The molecule has 20 heavy (non-hydrogen) atoms. The molecule has 1 aromatic heterocycles. The number of carbonyl (C=O) groups excluding carboxylic acids is 1. The first-order chi connectivity index (χ1) is 9.31. The van der Waals surface area contributed by atoms with Gasteiger partial charge in [-0.25, -0.2) is 4.98 Å². The lowest BCUT2D eigenvalue weighted by Gasteiger charge is -2.42. The first-order valence-corrected chi connectivity index (χ1v) is 7.57. The van der Waals surface area contributed by atoms with Crippen molar-refractivity contribution < 1.29 is 4.79 Å². The molecule has 1 aromatic rings. The lowest BCUT2D eigenvalue weighted by molar-refractivity contribution is 0.0419. The molecular weight excluding hydrogens is 274 g/mol. The lowest BCUT2D eigenvalue weighted by atomic mass is 10.1. The maximum Gasteiger partial charge on any atom is 0.267 e. The van der Waals surface area contributed by atoms with E-state index in [0.29, 0.717) is 22.8 Å². The molecule has 0 saturated carbocycles.